The van der Waals surface area contributed by atoms with Gasteiger partial charge in [0.05, 0.1) is 13.2 Å². The minimum Gasteiger partial charge on any atom is -0.479 e. The maximum Gasteiger partial charge on any atom is 0.334 e. The molecule has 0 saturated carbocycles. The van der Waals surface area contributed by atoms with Crippen LogP contribution in [0, 0.1) is 0 Å². The third kappa shape index (κ3) is 3.65. The number of aromatic nitrogens is 1. The van der Waals surface area contributed by atoms with Gasteiger partial charge in [0.2, 0.25) is 0 Å². The summed E-state index contributed by atoms with van der Waals surface area (Å²) in [7, 11) is 0. The molecule has 0 spiro atoms. The zero-order valence-electron chi connectivity index (χ0n) is 13.3. The number of carboxylic acids is 1. The first-order valence-electron chi connectivity index (χ1n) is 7.98. The fourth-order valence-corrected chi connectivity index (χ4v) is 2.84. The van der Waals surface area contributed by atoms with Crippen molar-refractivity contribution in [3.63, 3.8) is 0 Å². The molecule has 6 nitrogen and oxygen atoms in total. The Hall–Kier alpha value is -2.60. The number of morpholine rings is 1. The summed E-state index contributed by atoms with van der Waals surface area (Å²) in [5, 5.41) is 9.07. The van der Waals surface area contributed by atoms with Gasteiger partial charge in [-0.25, -0.2) is 4.79 Å². The van der Waals surface area contributed by atoms with Crippen molar-refractivity contribution in [1.29, 1.82) is 0 Å². The molecule has 1 amide bonds. The number of ether oxygens (including phenoxy) is 1. The summed E-state index contributed by atoms with van der Waals surface area (Å²) in [6.45, 7) is 1.43. The highest BCUT2D eigenvalue weighted by molar-refractivity contribution is 5.93. The van der Waals surface area contributed by atoms with E-state index in [0.717, 1.165) is 6.42 Å². The van der Waals surface area contributed by atoms with E-state index in [9.17, 15) is 9.59 Å². The van der Waals surface area contributed by atoms with Crippen LogP contribution in [0.25, 0.3) is 0 Å². The fraction of sp³-hybridized carbons (Fsp3) is 0.333. The van der Waals surface area contributed by atoms with Crippen molar-refractivity contribution >= 4 is 11.9 Å². The minimum atomic E-state index is -1.04. The Morgan fingerprint density at radius 3 is 2.71 bits per heavy atom. The van der Waals surface area contributed by atoms with Crippen molar-refractivity contribution in [2.24, 2.45) is 0 Å². The molecule has 6 heteroatoms. The molecule has 1 aromatic heterocycles. The summed E-state index contributed by atoms with van der Waals surface area (Å²) in [6, 6.07) is 13.7. The van der Waals surface area contributed by atoms with Gasteiger partial charge < -0.3 is 19.3 Å². The standard InChI is InChI=1S/C18H20N2O4/c21-17(20-11-12-24-16(13-20)18(22)23)15-7-4-9-19(15)10-8-14-5-2-1-3-6-14/h1-7,9,16H,8,10-13H2,(H,22,23)/t16-/m1/s1. The molecule has 3 rings (SSSR count). The Kier molecular flexibility index (Phi) is 4.96. The summed E-state index contributed by atoms with van der Waals surface area (Å²) in [6.07, 6.45) is 1.76. The molecule has 126 valence electrons. The van der Waals surface area contributed by atoms with E-state index in [-0.39, 0.29) is 19.1 Å². The van der Waals surface area contributed by atoms with Crippen LogP contribution in [0.2, 0.25) is 0 Å². The molecule has 1 aromatic carbocycles. The summed E-state index contributed by atoms with van der Waals surface area (Å²) >= 11 is 0. The van der Waals surface area contributed by atoms with Crippen LogP contribution in [-0.4, -0.2) is 52.3 Å². The number of rotatable bonds is 5. The third-order valence-corrected chi connectivity index (χ3v) is 4.16. The van der Waals surface area contributed by atoms with E-state index in [1.807, 2.05) is 35.0 Å². The maximum atomic E-state index is 12.7. The molecule has 2 heterocycles. The van der Waals surface area contributed by atoms with Gasteiger partial charge in [0.1, 0.15) is 5.69 Å². The number of hydrogen-bond donors (Lipinski definition) is 1. The highest BCUT2D eigenvalue weighted by atomic mass is 16.5. The van der Waals surface area contributed by atoms with Crippen LogP contribution in [0.4, 0.5) is 0 Å². The molecule has 0 bridgehead atoms. The SMILES string of the molecule is O=C(O)[C@H]1CN(C(=O)c2cccn2CCc2ccccc2)CCO1. The third-order valence-electron chi connectivity index (χ3n) is 4.16. The highest BCUT2D eigenvalue weighted by Gasteiger charge is 2.30. The van der Waals surface area contributed by atoms with Crippen LogP contribution in [0.15, 0.2) is 48.7 Å². The van der Waals surface area contributed by atoms with Crippen LogP contribution < -0.4 is 0 Å². The number of carboxylic acid groups (broad SMARTS) is 1. The average molecular weight is 328 g/mol. The Morgan fingerprint density at radius 2 is 1.96 bits per heavy atom. The van der Waals surface area contributed by atoms with E-state index in [1.165, 1.54) is 5.56 Å². The number of carbonyl (C=O) groups is 2. The van der Waals surface area contributed by atoms with E-state index in [2.05, 4.69) is 12.1 Å². The molecule has 1 atom stereocenters. The van der Waals surface area contributed by atoms with Gasteiger partial charge in [-0.05, 0) is 24.1 Å². The van der Waals surface area contributed by atoms with Gasteiger partial charge in [-0.2, -0.15) is 0 Å². The smallest absolute Gasteiger partial charge is 0.334 e. The summed E-state index contributed by atoms with van der Waals surface area (Å²) < 4.78 is 7.09. The van der Waals surface area contributed by atoms with Crippen molar-refractivity contribution in [2.75, 3.05) is 19.7 Å². The molecular weight excluding hydrogens is 308 g/mol. The monoisotopic (exact) mass is 328 g/mol. The lowest BCUT2D eigenvalue weighted by atomic mass is 10.1. The van der Waals surface area contributed by atoms with Gasteiger partial charge in [0.25, 0.3) is 5.91 Å². The van der Waals surface area contributed by atoms with E-state index >= 15 is 0 Å². The quantitative estimate of drug-likeness (QED) is 0.906. The van der Waals surface area contributed by atoms with Gasteiger partial charge in [-0.3, -0.25) is 4.79 Å². The summed E-state index contributed by atoms with van der Waals surface area (Å²) in [4.78, 5) is 25.3. The van der Waals surface area contributed by atoms with Gasteiger partial charge in [-0.15, -0.1) is 0 Å². The van der Waals surface area contributed by atoms with Crippen LogP contribution in [0.3, 0.4) is 0 Å². The molecule has 24 heavy (non-hydrogen) atoms. The molecule has 1 aliphatic rings. The van der Waals surface area contributed by atoms with E-state index in [1.54, 1.807) is 11.0 Å². The second-order valence-corrected chi connectivity index (χ2v) is 5.77. The van der Waals surface area contributed by atoms with Gasteiger partial charge in [0.15, 0.2) is 6.10 Å². The molecule has 1 saturated heterocycles. The minimum absolute atomic E-state index is 0.0814. The molecular formula is C18H20N2O4. The Bertz CT molecular complexity index is 711. The second kappa shape index (κ2) is 7.31. The number of carbonyl (C=O) groups excluding carboxylic acids is 1. The van der Waals surface area contributed by atoms with E-state index in [4.69, 9.17) is 9.84 Å². The fourth-order valence-electron chi connectivity index (χ4n) is 2.84. The van der Waals surface area contributed by atoms with Gasteiger partial charge in [0, 0.05) is 19.3 Å². The Balaban J connectivity index is 1.67. The summed E-state index contributed by atoms with van der Waals surface area (Å²) in [5.74, 6) is -1.19. The number of amides is 1. The zero-order valence-corrected chi connectivity index (χ0v) is 13.3. The maximum absolute atomic E-state index is 12.7. The molecule has 1 fully saturated rings. The predicted octanol–water partition coefficient (Wildman–Crippen LogP) is 1.66. The highest BCUT2D eigenvalue weighted by Crippen LogP contribution is 2.13. The topological polar surface area (TPSA) is 71.8 Å². The predicted molar refractivity (Wildman–Crippen MR) is 87.9 cm³/mol. The first kappa shape index (κ1) is 16.3. The summed E-state index contributed by atoms with van der Waals surface area (Å²) in [5.41, 5.74) is 1.79. The van der Waals surface area contributed by atoms with Gasteiger partial charge in [-0.1, -0.05) is 30.3 Å². The number of hydrogen-bond acceptors (Lipinski definition) is 3. The van der Waals surface area contributed by atoms with E-state index in [0.29, 0.717) is 18.8 Å². The normalized spacial score (nSPS) is 17.7. The number of benzene rings is 1. The van der Waals surface area contributed by atoms with Crippen molar-refractivity contribution in [1.82, 2.24) is 9.47 Å². The van der Waals surface area contributed by atoms with Crippen LogP contribution in [0.5, 0.6) is 0 Å². The molecule has 0 aliphatic carbocycles. The number of nitrogens with zero attached hydrogens (tertiary/aromatic N) is 2. The lowest BCUT2D eigenvalue weighted by Gasteiger charge is -2.31. The van der Waals surface area contributed by atoms with Gasteiger partial charge >= 0.3 is 5.97 Å². The first-order chi connectivity index (χ1) is 11.6. The van der Waals surface area contributed by atoms with Crippen molar-refractivity contribution in [2.45, 2.75) is 19.1 Å². The Morgan fingerprint density at radius 1 is 1.17 bits per heavy atom. The Labute approximate surface area is 140 Å². The van der Waals surface area contributed by atoms with Crippen LogP contribution >= 0.6 is 0 Å². The molecule has 0 radical (unpaired) electrons. The zero-order chi connectivity index (χ0) is 16.9. The lowest BCUT2D eigenvalue weighted by molar-refractivity contribution is -0.154. The second-order valence-electron chi connectivity index (χ2n) is 5.77. The van der Waals surface area contributed by atoms with E-state index < -0.39 is 12.1 Å². The lowest BCUT2D eigenvalue weighted by Crippen LogP contribution is -2.48. The molecule has 1 N–H and O–H groups in total. The largest absolute Gasteiger partial charge is 0.479 e. The van der Waals surface area contributed by atoms with Crippen LogP contribution in [0.1, 0.15) is 16.1 Å². The van der Waals surface area contributed by atoms with Crippen molar-refractivity contribution in [3.05, 3.63) is 59.9 Å². The first-order valence-corrected chi connectivity index (χ1v) is 7.98. The number of aliphatic carboxylic acids is 1. The van der Waals surface area contributed by atoms with Crippen molar-refractivity contribution < 1.29 is 19.4 Å². The average Bonchev–Trinajstić information content (AvgIpc) is 3.09. The van der Waals surface area contributed by atoms with Crippen molar-refractivity contribution in [3.8, 4) is 0 Å². The van der Waals surface area contributed by atoms with Crippen LogP contribution in [-0.2, 0) is 22.5 Å². The number of aryl methyl sites for hydroxylation is 2. The molecule has 2 aromatic rings. The molecule has 0 unspecified atom stereocenters. The molecule has 1 aliphatic heterocycles.